The molecule has 0 aliphatic heterocycles. The fourth-order valence-electron chi connectivity index (χ4n) is 2.61. The zero-order valence-electron chi connectivity index (χ0n) is 15.3. The van der Waals surface area contributed by atoms with Crippen LogP contribution in [-0.2, 0) is 10.0 Å². The zero-order chi connectivity index (χ0) is 21.0. The average molecular weight is 411 g/mol. The number of nitro groups is 1. The molecule has 0 aliphatic rings. The Balaban J connectivity index is 1.82. The fourth-order valence-corrected chi connectivity index (χ4v) is 3.85. The highest BCUT2D eigenvalue weighted by Crippen LogP contribution is 2.24. The highest BCUT2D eigenvalue weighted by Gasteiger charge is 2.21. The minimum atomic E-state index is -3.82. The number of para-hydroxylation sites is 1. The number of nitro benzene ring substituents is 1. The molecular weight excluding hydrogens is 394 g/mol. The Labute approximate surface area is 167 Å². The molecule has 3 aromatic rings. The predicted molar refractivity (Wildman–Crippen MR) is 110 cm³/mol. The van der Waals surface area contributed by atoms with E-state index in [9.17, 15) is 23.3 Å². The second kappa shape index (κ2) is 8.11. The van der Waals surface area contributed by atoms with E-state index in [4.69, 9.17) is 0 Å². The van der Waals surface area contributed by atoms with Crippen LogP contribution in [0.15, 0.2) is 83.8 Å². The number of benzene rings is 3. The molecule has 148 valence electrons. The van der Waals surface area contributed by atoms with Crippen LogP contribution in [0.25, 0.3) is 0 Å². The smallest absolute Gasteiger partial charge is 0.269 e. The third kappa shape index (κ3) is 4.41. The first-order valence-corrected chi connectivity index (χ1v) is 9.93. The van der Waals surface area contributed by atoms with Gasteiger partial charge < -0.3 is 5.32 Å². The van der Waals surface area contributed by atoms with Crippen molar-refractivity contribution < 1.29 is 18.1 Å². The molecule has 0 spiro atoms. The van der Waals surface area contributed by atoms with Crippen molar-refractivity contribution in [1.29, 1.82) is 0 Å². The zero-order valence-corrected chi connectivity index (χ0v) is 16.2. The molecular formula is C20H17N3O5S. The van der Waals surface area contributed by atoms with E-state index in [1.54, 1.807) is 36.4 Å². The first-order chi connectivity index (χ1) is 13.8. The molecule has 3 aromatic carbocycles. The van der Waals surface area contributed by atoms with Gasteiger partial charge in [0.2, 0.25) is 0 Å². The molecule has 0 saturated heterocycles. The predicted octanol–water partition coefficient (Wildman–Crippen LogP) is 3.67. The highest BCUT2D eigenvalue weighted by atomic mass is 32.2. The lowest BCUT2D eigenvalue weighted by atomic mass is 10.2. The van der Waals surface area contributed by atoms with Gasteiger partial charge in [-0.15, -0.1) is 0 Å². The second-order valence-electron chi connectivity index (χ2n) is 6.09. The van der Waals surface area contributed by atoms with Crippen molar-refractivity contribution in [3.8, 4) is 0 Å². The number of carbonyl (C=O) groups is 1. The number of hydrogen-bond acceptors (Lipinski definition) is 5. The summed E-state index contributed by atoms with van der Waals surface area (Å²) in [7, 11) is -2.37. The molecule has 0 heterocycles. The molecule has 9 heteroatoms. The largest absolute Gasteiger partial charge is 0.322 e. The molecule has 8 nitrogen and oxygen atoms in total. The Kier molecular flexibility index (Phi) is 5.60. The Bertz CT molecular complexity index is 1150. The Hall–Kier alpha value is -3.72. The van der Waals surface area contributed by atoms with Gasteiger partial charge in [-0.3, -0.25) is 19.2 Å². The van der Waals surface area contributed by atoms with Crippen molar-refractivity contribution in [2.75, 3.05) is 16.7 Å². The van der Waals surface area contributed by atoms with Crippen LogP contribution in [0.2, 0.25) is 0 Å². The Morgan fingerprint density at radius 2 is 1.62 bits per heavy atom. The van der Waals surface area contributed by atoms with Crippen molar-refractivity contribution in [1.82, 2.24) is 0 Å². The maximum Gasteiger partial charge on any atom is 0.269 e. The molecule has 0 radical (unpaired) electrons. The standard InChI is InChI=1S/C20H17N3O5S/c1-22(17-7-3-2-4-8-17)29(27,28)19-9-5-6-16(14-19)21-20(24)15-10-12-18(13-11-15)23(25)26/h2-14H,1H3,(H,21,24). The monoisotopic (exact) mass is 411 g/mol. The molecule has 0 bridgehead atoms. The van der Waals surface area contributed by atoms with E-state index in [-0.39, 0.29) is 21.8 Å². The van der Waals surface area contributed by atoms with Gasteiger partial charge in [0.15, 0.2) is 0 Å². The minimum absolute atomic E-state index is 0.0188. The number of sulfonamides is 1. The molecule has 0 fully saturated rings. The quantitative estimate of drug-likeness (QED) is 0.492. The third-order valence-electron chi connectivity index (χ3n) is 4.21. The number of rotatable bonds is 6. The van der Waals surface area contributed by atoms with Crippen molar-refractivity contribution in [3.63, 3.8) is 0 Å². The van der Waals surface area contributed by atoms with Crippen LogP contribution in [0.5, 0.6) is 0 Å². The van der Waals surface area contributed by atoms with Crippen LogP contribution in [0.4, 0.5) is 17.1 Å². The van der Waals surface area contributed by atoms with E-state index < -0.39 is 20.9 Å². The molecule has 0 aromatic heterocycles. The summed E-state index contributed by atoms with van der Waals surface area (Å²) in [6.07, 6.45) is 0. The molecule has 29 heavy (non-hydrogen) atoms. The number of amides is 1. The van der Waals surface area contributed by atoms with Gasteiger partial charge in [-0.1, -0.05) is 24.3 Å². The first-order valence-electron chi connectivity index (χ1n) is 8.49. The number of anilines is 2. The van der Waals surface area contributed by atoms with E-state index in [1.807, 2.05) is 0 Å². The van der Waals surface area contributed by atoms with Crippen LogP contribution in [0, 0.1) is 10.1 Å². The van der Waals surface area contributed by atoms with Gasteiger partial charge >= 0.3 is 0 Å². The van der Waals surface area contributed by atoms with Gasteiger partial charge in [-0.05, 0) is 42.5 Å². The van der Waals surface area contributed by atoms with Crippen LogP contribution in [0.1, 0.15) is 10.4 Å². The topological polar surface area (TPSA) is 110 Å². The van der Waals surface area contributed by atoms with Crippen LogP contribution < -0.4 is 9.62 Å². The SMILES string of the molecule is CN(c1ccccc1)S(=O)(=O)c1cccc(NC(=O)c2ccc([N+](=O)[O-])cc2)c1. The summed E-state index contributed by atoms with van der Waals surface area (Å²) in [5.74, 6) is -0.508. The Morgan fingerprint density at radius 1 is 0.966 bits per heavy atom. The number of nitrogens with zero attached hydrogens (tertiary/aromatic N) is 2. The van der Waals surface area contributed by atoms with Gasteiger partial charge in [-0.25, -0.2) is 8.42 Å². The first kappa shape index (κ1) is 20.0. The van der Waals surface area contributed by atoms with Crippen molar-refractivity contribution in [2.24, 2.45) is 0 Å². The van der Waals surface area contributed by atoms with Gasteiger partial charge in [0.25, 0.3) is 21.6 Å². The van der Waals surface area contributed by atoms with Crippen LogP contribution in [0.3, 0.4) is 0 Å². The summed E-state index contributed by atoms with van der Waals surface area (Å²) in [4.78, 5) is 22.5. The maximum atomic E-state index is 12.9. The fraction of sp³-hybridized carbons (Fsp3) is 0.0500. The van der Waals surface area contributed by atoms with Gasteiger partial charge in [0.05, 0.1) is 15.5 Å². The second-order valence-corrected chi connectivity index (χ2v) is 8.06. The number of carbonyl (C=O) groups excluding carboxylic acids is 1. The molecule has 1 amide bonds. The normalized spacial score (nSPS) is 10.9. The van der Waals surface area contributed by atoms with Crippen molar-refractivity contribution in [2.45, 2.75) is 4.90 Å². The van der Waals surface area contributed by atoms with Crippen LogP contribution >= 0.6 is 0 Å². The van der Waals surface area contributed by atoms with Crippen molar-refractivity contribution in [3.05, 3.63) is 94.5 Å². The lowest BCUT2D eigenvalue weighted by Crippen LogP contribution is -2.26. The van der Waals surface area contributed by atoms with E-state index in [1.165, 1.54) is 49.5 Å². The lowest BCUT2D eigenvalue weighted by molar-refractivity contribution is -0.384. The summed E-state index contributed by atoms with van der Waals surface area (Å²) in [6.45, 7) is 0. The molecule has 0 saturated carbocycles. The summed E-state index contributed by atoms with van der Waals surface area (Å²) in [5.41, 5.74) is 0.882. The summed E-state index contributed by atoms with van der Waals surface area (Å²) < 4.78 is 26.9. The number of hydrogen-bond donors (Lipinski definition) is 1. The van der Waals surface area contributed by atoms with E-state index >= 15 is 0 Å². The highest BCUT2D eigenvalue weighted by molar-refractivity contribution is 7.92. The van der Waals surface area contributed by atoms with Gasteiger partial charge in [0, 0.05) is 30.4 Å². The van der Waals surface area contributed by atoms with Gasteiger partial charge in [-0.2, -0.15) is 0 Å². The molecule has 0 unspecified atom stereocenters. The summed E-state index contributed by atoms with van der Waals surface area (Å²) >= 11 is 0. The van der Waals surface area contributed by atoms with E-state index in [0.717, 1.165) is 4.31 Å². The lowest BCUT2D eigenvalue weighted by Gasteiger charge is -2.19. The van der Waals surface area contributed by atoms with Crippen molar-refractivity contribution >= 4 is 33.0 Å². The van der Waals surface area contributed by atoms with E-state index in [2.05, 4.69) is 5.32 Å². The maximum absolute atomic E-state index is 12.9. The molecule has 1 N–H and O–H groups in total. The summed E-state index contributed by atoms with van der Waals surface area (Å²) in [5, 5.41) is 13.3. The minimum Gasteiger partial charge on any atom is -0.322 e. The third-order valence-corrected chi connectivity index (χ3v) is 5.99. The molecule has 3 rings (SSSR count). The number of nitrogens with one attached hydrogen (secondary N) is 1. The van der Waals surface area contributed by atoms with E-state index in [0.29, 0.717) is 5.69 Å². The molecule has 0 aliphatic carbocycles. The Morgan fingerprint density at radius 3 is 2.24 bits per heavy atom. The molecule has 0 atom stereocenters. The van der Waals surface area contributed by atoms with Crippen LogP contribution in [-0.4, -0.2) is 26.3 Å². The summed E-state index contributed by atoms with van der Waals surface area (Å²) in [6, 6.07) is 19.6. The number of non-ortho nitro benzene ring substituents is 1. The van der Waals surface area contributed by atoms with Gasteiger partial charge in [0.1, 0.15) is 0 Å². The average Bonchev–Trinajstić information content (AvgIpc) is 2.74.